The van der Waals surface area contributed by atoms with Gasteiger partial charge in [0.25, 0.3) is 0 Å². The van der Waals surface area contributed by atoms with E-state index < -0.39 is 16.7 Å². The molecule has 0 spiro atoms. The number of primary amides is 1. The van der Waals surface area contributed by atoms with E-state index in [1.54, 1.807) is 0 Å². The van der Waals surface area contributed by atoms with Crippen LogP contribution in [0.1, 0.15) is 0 Å². The van der Waals surface area contributed by atoms with Crippen molar-refractivity contribution in [3.05, 3.63) is 0 Å². The molecule has 0 fully saturated rings. The molecule has 0 saturated carbocycles. The molecule has 0 aromatic carbocycles. The first-order chi connectivity index (χ1) is 4.09. The van der Waals surface area contributed by atoms with Crippen LogP contribution >= 0.6 is 34.8 Å². The Kier molecular flexibility index (Phi) is 4.36. The van der Waals surface area contributed by atoms with Gasteiger partial charge in [0.05, 0.1) is 5.38 Å². The van der Waals surface area contributed by atoms with Crippen LogP contribution in [0.2, 0.25) is 0 Å². The minimum Gasteiger partial charge on any atom is -0.368 e. The van der Waals surface area contributed by atoms with Crippen molar-refractivity contribution in [1.29, 1.82) is 0 Å². The van der Waals surface area contributed by atoms with E-state index >= 15 is 0 Å². The quantitative estimate of drug-likeness (QED) is 0.661. The number of hydrogen-bond donors (Lipinski definition) is 1. The van der Waals surface area contributed by atoms with Crippen molar-refractivity contribution < 1.29 is 4.79 Å². The Hall–Kier alpha value is 0.340. The van der Waals surface area contributed by atoms with Crippen molar-refractivity contribution in [2.75, 3.05) is 5.88 Å². The molecule has 9 heavy (non-hydrogen) atoms. The Morgan fingerprint density at radius 1 is 1.56 bits per heavy atom. The molecule has 0 aromatic rings. The van der Waals surface area contributed by atoms with Gasteiger partial charge in [0, 0.05) is 5.88 Å². The number of carbonyl (C=O) groups excluding carboxylic acids is 1. The van der Waals surface area contributed by atoms with E-state index in [0.717, 1.165) is 0 Å². The number of carbonyl (C=O) groups is 1. The van der Waals surface area contributed by atoms with Crippen LogP contribution in [0, 0.1) is 0 Å². The molecule has 2 N–H and O–H groups in total. The van der Waals surface area contributed by atoms with Gasteiger partial charge in [-0.1, -0.05) is 0 Å². The van der Waals surface area contributed by atoms with E-state index in [0.29, 0.717) is 0 Å². The average molecular weight is 190 g/mol. The molecular weight excluding hydrogens is 184 g/mol. The van der Waals surface area contributed by atoms with Crippen LogP contribution in [0.4, 0.5) is 0 Å². The summed E-state index contributed by atoms with van der Waals surface area (Å²) in [5, 5.41) is -1.45. The highest BCUT2D eigenvalue weighted by atomic mass is 35.5. The number of halogens is 3. The third-order valence-electron chi connectivity index (χ3n) is 0.737. The zero-order chi connectivity index (χ0) is 7.44. The Balaban J connectivity index is 3.72. The van der Waals surface area contributed by atoms with Gasteiger partial charge in [-0.05, 0) is 0 Å². The largest absolute Gasteiger partial charge is 0.368 e. The van der Waals surface area contributed by atoms with Crippen molar-refractivity contribution in [3.8, 4) is 0 Å². The van der Waals surface area contributed by atoms with Gasteiger partial charge in [0.2, 0.25) is 5.91 Å². The Morgan fingerprint density at radius 2 is 2.00 bits per heavy atom. The molecule has 0 unspecified atom stereocenters. The lowest BCUT2D eigenvalue weighted by Crippen LogP contribution is -2.32. The van der Waals surface area contributed by atoms with Gasteiger partial charge in [0.15, 0.2) is 0 Å². The molecule has 0 aliphatic rings. The number of alkyl halides is 3. The predicted octanol–water partition coefficient (Wildman–Crippen LogP) is 0.925. The summed E-state index contributed by atoms with van der Waals surface area (Å²) in [5.41, 5.74) is 4.80. The first kappa shape index (κ1) is 9.34. The fraction of sp³-hybridized carbons (Fsp3) is 0.750. The summed E-state index contributed by atoms with van der Waals surface area (Å²) in [7, 11) is 0. The lowest BCUT2D eigenvalue weighted by atomic mass is 10.3. The highest BCUT2D eigenvalue weighted by Crippen LogP contribution is 2.10. The highest BCUT2D eigenvalue weighted by Gasteiger charge is 2.20. The molecule has 5 heteroatoms. The van der Waals surface area contributed by atoms with Gasteiger partial charge in [0.1, 0.15) is 5.38 Å². The van der Waals surface area contributed by atoms with Gasteiger partial charge in [-0.2, -0.15) is 0 Å². The van der Waals surface area contributed by atoms with E-state index in [-0.39, 0.29) is 5.88 Å². The van der Waals surface area contributed by atoms with Crippen molar-refractivity contribution in [2.45, 2.75) is 10.8 Å². The van der Waals surface area contributed by atoms with E-state index in [9.17, 15) is 4.79 Å². The molecule has 1 amide bonds. The maximum absolute atomic E-state index is 10.2. The summed E-state index contributed by atoms with van der Waals surface area (Å²) in [4.78, 5) is 10.2. The molecule has 0 aliphatic carbocycles. The SMILES string of the molecule is NC(=O)[C@H](Cl)[C@@H](Cl)CCl. The predicted molar refractivity (Wildman–Crippen MR) is 39.2 cm³/mol. The van der Waals surface area contributed by atoms with E-state index in [4.69, 9.17) is 40.5 Å². The molecule has 0 bridgehead atoms. The third-order valence-corrected chi connectivity index (χ3v) is 2.28. The molecule has 0 aromatic heterocycles. The monoisotopic (exact) mass is 189 g/mol. The van der Waals surface area contributed by atoms with Crippen molar-refractivity contribution in [2.24, 2.45) is 5.73 Å². The van der Waals surface area contributed by atoms with E-state index in [2.05, 4.69) is 0 Å². The second-order valence-electron chi connectivity index (χ2n) is 1.47. The zero-order valence-corrected chi connectivity index (χ0v) is 6.75. The Morgan fingerprint density at radius 3 is 2.11 bits per heavy atom. The number of amides is 1. The third kappa shape index (κ3) is 3.14. The second kappa shape index (κ2) is 4.20. The van der Waals surface area contributed by atoms with Crippen LogP contribution in [0.25, 0.3) is 0 Å². The summed E-state index contributed by atoms with van der Waals surface area (Å²) in [6.07, 6.45) is 0. The van der Waals surface area contributed by atoms with Gasteiger partial charge >= 0.3 is 0 Å². The Labute approximate surface area is 68.2 Å². The summed E-state index contributed by atoms with van der Waals surface area (Å²) in [5.74, 6) is -0.518. The minimum absolute atomic E-state index is 0.124. The van der Waals surface area contributed by atoms with Crippen LogP contribution < -0.4 is 5.73 Å². The molecule has 2 atom stereocenters. The molecule has 0 saturated heterocycles. The lowest BCUT2D eigenvalue weighted by molar-refractivity contribution is -0.117. The summed E-state index contributed by atoms with van der Waals surface area (Å²) < 4.78 is 0. The minimum atomic E-state index is -0.871. The van der Waals surface area contributed by atoms with Crippen LogP contribution in [-0.2, 0) is 4.79 Å². The summed E-state index contributed by atoms with van der Waals surface area (Å²) in [6.45, 7) is 0. The Bertz CT molecular complexity index is 108. The number of rotatable bonds is 3. The summed E-state index contributed by atoms with van der Waals surface area (Å²) >= 11 is 16.1. The van der Waals surface area contributed by atoms with Crippen molar-refractivity contribution in [1.82, 2.24) is 0 Å². The smallest absolute Gasteiger partial charge is 0.237 e. The fourth-order valence-corrected chi connectivity index (χ4v) is 0.739. The van der Waals surface area contributed by atoms with Gasteiger partial charge < -0.3 is 5.73 Å². The molecule has 0 aliphatic heterocycles. The maximum Gasteiger partial charge on any atom is 0.237 e. The first-order valence-electron chi connectivity index (χ1n) is 2.23. The number of hydrogen-bond acceptors (Lipinski definition) is 1. The van der Waals surface area contributed by atoms with Crippen LogP contribution in [0.15, 0.2) is 0 Å². The molecular formula is C4H6Cl3NO. The van der Waals surface area contributed by atoms with E-state index in [1.165, 1.54) is 0 Å². The van der Waals surface area contributed by atoms with Crippen LogP contribution in [0.3, 0.4) is 0 Å². The molecule has 0 rings (SSSR count). The molecule has 54 valence electrons. The lowest BCUT2D eigenvalue weighted by Gasteiger charge is -2.07. The van der Waals surface area contributed by atoms with Gasteiger partial charge in [-0.3, -0.25) is 4.79 Å². The second-order valence-corrected chi connectivity index (χ2v) is 2.81. The van der Waals surface area contributed by atoms with Gasteiger partial charge in [-0.15, -0.1) is 34.8 Å². The van der Waals surface area contributed by atoms with Crippen LogP contribution in [0.5, 0.6) is 0 Å². The van der Waals surface area contributed by atoms with E-state index in [1.807, 2.05) is 0 Å². The zero-order valence-electron chi connectivity index (χ0n) is 4.48. The molecule has 0 heterocycles. The van der Waals surface area contributed by atoms with Crippen molar-refractivity contribution in [3.63, 3.8) is 0 Å². The molecule has 0 radical (unpaired) electrons. The van der Waals surface area contributed by atoms with Gasteiger partial charge in [-0.25, -0.2) is 0 Å². The fourth-order valence-electron chi connectivity index (χ4n) is 0.256. The normalized spacial score (nSPS) is 16.8. The van der Waals surface area contributed by atoms with Crippen molar-refractivity contribution >= 4 is 40.7 Å². The first-order valence-corrected chi connectivity index (χ1v) is 3.63. The average Bonchev–Trinajstić information content (AvgIpc) is 1.84. The van der Waals surface area contributed by atoms with Crippen LogP contribution in [-0.4, -0.2) is 22.5 Å². The summed E-state index contributed by atoms with van der Waals surface area (Å²) in [6, 6.07) is 0. The highest BCUT2D eigenvalue weighted by molar-refractivity contribution is 6.39. The standard InChI is InChI=1S/C4H6Cl3NO/c5-1-2(6)3(7)4(8)9/h2-3H,1H2,(H2,8,9)/t2-,3+/m0/s1. The number of nitrogens with two attached hydrogens (primary N) is 1. The maximum atomic E-state index is 10.2. The molecule has 2 nitrogen and oxygen atoms in total. The topological polar surface area (TPSA) is 43.1 Å².